The molecule has 1 unspecified atom stereocenters. The number of carbonyl (C=O) groups is 1. The highest BCUT2D eigenvalue weighted by Gasteiger charge is 2.33. The van der Waals surface area contributed by atoms with Crippen molar-refractivity contribution in [2.45, 2.75) is 19.6 Å². The number of hydrogen-bond donors (Lipinski definition) is 1. The van der Waals surface area contributed by atoms with Crippen molar-refractivity contribution >= 4 is 17.6 Å². The topological polar surface area (TPSA) is 40.5 Å². The Morgan fingerprint density at radius 1 is 1.45 bits per heavy atom. The van der Waals surface area contributed by atoms with Crippen LogP contribution < -0.4 is 0 Å². The predicted octanol–water partition coefficient (Wildman–Crippen LogP) is 3.51. The molecule has 0 aromatic heterocycles. The van der Waals surface area contributed by atoms with Crippen LogP contribution in [-0.4, -0.2) is 29.6 Å². The number of halogens is 4. The summed E-state index contributed by atoms with van der Waals surface area (Å²) in [5.74, 6) is -1.53. The third-order valence-corrected chi connectivity index (χ3v) is 3.13. The summed E-state index contributed by atoms with van der Waals surface area (Å²) in [5, 5.41) is 8.45. The molecule has 0 aliphatic carbocycles. The molecule has 3 nitrogen and oxygen atoms in total. The summed E-state index contributed by atoms with van der Waals surface area (Å²) in [4.78, 5) is 12.4. The summed E-state index contributed by atoms with van der Waals surface area (Å²) in [6.07, 6.45) is -4.50. The van der Waals surface area contributed by atoms with E-state index >= 15 is 0 Å². The molecule has 0 bridgehead atoms. The Hall–Kier alpha value is -1.27. The molecule has 112 valence electrons. The van der Waals surface area contributed by atoms with E-state index in [1.807, 2.05) is 0 Å². The third kappa shape index (κ3) is 4.68. The third-order valence-electron chi connectivity index (χ3n) is 2.80. The molecule has 0 saturated carbocycles. The van der Waals surface area contributed by atoms with Gasteiger partial charge < -0.3 is 10.0 Å². The second-order valence-corrected chi connectivity index (χ2v) is 5.16. The largest absolute Gasteiger partial charge is 0.481 e. The smallest absolute Gasteiger partial charge is 0.417 e. The summed E-state index contributed by atoms with van der Waals surface area (Å²) in [6.45, 7) is 2.01. The minimum Gasteiger partial charge on any atom is -0.481 e. The Bertz CT molecular complexity index is 491. The molecule has 0 fully saturated rings. The van der Waals surface area contributed by atoms with Crippen LogP contribution in [0.1, 0.15) is 18.1 Å². The number of aliphatic carboxylic acids is 1. The van der Waals surface area contributed by atoms with Crippen LogP contribution in [0.5, 0.6) is 0 Å². The van der Waals surface area contributed by atoms with E-state index in [-0.39, 0.29) is 18.1 Å². The van der Waals surface area contributed by atoms with Gasteiger partial charge in [0, 0.05) is 13.1 Å². The average molecular weight is 310 g/mol. The van der Waals surface area contributed by atoms with Crippen molar-refractivity contribution in [1.82, 2.24) is 4.90 Å². The number of carboxylic acid groups (broad SMARTS) is 1. The van der Waals surface area contributed by atoms with Gasteiger partial charge in [-0.3, -0.25) is 4.79 Å². The van der Waals surface area contributed by atoms with Gasteiger partial charge in [0.15, 0.2) is 0 Å². The zero-order valence-corrected chi connectivity index (χ0v) is 11.8. The van der Waals surface area contributed by atoms with Crippen LogP contribution in [0.4, 0.5) is 13.2 Å². The first kappa shape index (κ1) is 16.8. The first-order chi connectivity index (χ1) is 9.11. The van der Waals surface area contributed by atoms with E-state index in [4.69, 9.17) is 16.7 Å². The van der Waals surface area contributed by atoms with E-state index in [0.717, 1.165) is 6.07 Å². The van der Waals surface area contributed by atoms with Gasteiger partial charge in [-0.1, -0.05) is 24.6 Å². The van der Waals surface area contributed by atoms with Crippen molar-refractivity contribution < 1.29 is 23.1 Å². The van der Waals surface area contributed by atoms with Gasteiger partial charge >= 0.3 is 12.1 Å². The number of carboxylic acids is 1. The zero-order chi connectivity index (χ0) is 15.5. The molecule has 1 N–H and O–H groups in total. The highest BCUT2D eigenvalue weighted by Crippen LogP contribution is 2.35. The lowest BCUT2D eigenvalue weighted by atomic mass is 10.1. The highest BCUT2D eigenvalue weighted by molar-refractivity contribution is 6.31. The van der Waals surface area contributed by atoms with E-state index < -0.39 is 23.6 Å². The van der Waals surface area contributed by atoms with Gasteiger partial charge in [-0.25, -0.2) is 0 Å². The molecule has 1 aromatic rings. The number of nitrogens with zero attached hydrogens (tertiary/aromatic N) is 1. The first-order valence-electron chi connectivity index (χ1n) is 5.88. The summed E-state index contributed by atoms with van der Waals surface area (Å²) < 4.78 is 38.1. The average Bonchev–Trinajstić information content (AvgIpc) is 2.29. The van der Waals surface area contributed by atoms with Crippen molar-refractivity contribution in [3.05, 3.63) is 34.3 Å². The summed E-state index contributed by atoms with van der Waals surface area (Å²) in [7, 11) is 1.65. The molecule has 0 aliphatic heterocycles. The molecule has 0 radical (unpaired) electrons. The predicted molar refractivity (Wildman–Crippen MR) is 69.6 cm³/mol. The van der Waals surface area contributed by atoms with Crippen LogP contribution in [0.3, 0.4) is 0 Å². The maximum Gasteiger partial charge on any atom is 0.417 e. The fourth-order valence-corrected chi connectivity index (χ4v) is 2.03. The standard InChI is InChI=1S/C13H15ClF3NO2/c1-8(12(19)20)6-18(2)7-9-3-4-11(14)10(5-9)13(15,16)17/h3-5,8H,6-7H2,1-2H3,(H,19,20). The molecule has 0 saturated heterocycles. The minimum atomic E-state index is -4.50. The zero-order valence-electron chi connectivity index (χ0n) is 11.0. The van der Waals surface area contributed by atoms with Crippen molar-refractivity contribution in [1.29, 1.82) is 0 Å². The summed E-state index contributed by atoms with van der Waals surface area (Å²) in [5.41, 5.74) is -0.446. The Balaban J connectivity index is 2.81. The SMILES string of the molecule is CC(CN(C)Cc1ccc(Cl)c(C(F)(F)F)c1)C(=O)O. The molecule has 0 spiro atoms. The number of alkyl halides is 3. The van der Waals surface area contributed by atoms with Gasteiger partial charge in [-0.15, -0.1) is 0 Å². The van der Waals surface area contributed by atoms with Crippen LogP contribution in [0, 0.1) is 5.92 Å². The monoisotopic (exact) mass is 309 g/mol. The second-order valence-electron chi connectivity index (χ2n) is 4.75. The molecule has 1 aromatic carbocycles. The Labute approximate surface area is 120 Å². The Morgan fingerprint density at radius 3 is 2.55 bits per heavy atom. The molecule has 1 atom stereocenters. The summed E-state index contributed by atoms with van der Waals surface area (Å²) >= 11 is 5.53. The van der Waals surface area contributed by atoms with Crippen LogP contribution >= 0.6 is 11.6 Å². The van der Waals surface area contributed by atoms with Gasteiger partial charge in [-0.2, -0.15) is 13.2 Å². The fraction of sp³-hybridized carbons (Fsp3) is 0.462. The lowest BCUT2D eigenvalue weighted by molar-refractivity contribution is -0.141. The Kier molecular flexibility index (Phi) is 5.42. The molecule has 0 aliphatic rings. The van der Waals surface area contributed by atoms with Crippen LogP contribution in [-0.2, 0) is 17.5 Å². The minimum absolute atomic E-state index is 0.220. The lowest BCUT2D eigenvalue weighted by Gasteiger charge is -2.20. The number of rotatable bonds is 5. The first-order valence-corrected chi connectivity index (χ1v) is 6.26. The quantitative estimate of drug-likeness (QED) is 0.905. The van der Waals surface area contributed by atoms with E-state index in [2.05, 4.69) is 0 Å². The lowest BCUT2D eigenvalue weighted by Crippen LogP contribution is -2.28. The van der Waals surface area contributed by atoms with Crippen molar-refractivity contribution in [2.24, 2.45) is 5.92 Å². The van der Waals surface area contributed by atoms with Gasteiger partial charge in [0.1, 0.15) is 0 Å². The van der Waals surface area contributed by atoms with Crippen LogP contribution in [0.25, 0.3) is 0 Å². The number of benzene rings is 1. The molecular formula is C13H15ClF3NO2. The maximum absolute atomic E-state index is 12.7. The molecule has 0 heterocycles. The van der Waals surface area contributed by atoms with Gasteiger partial charge in [0.05, 0.1) is 16.5 Å². The van der Waals surface area contributed by atoms with Gasteiger partial charge in [-0.05, 0) is 24.7 Å². The van der Waals surface area contributed by atoms with Crippen LogP contribution in [0.2, 0.25) is 5.02 Å². The van der Waals surface area contributed by atoms with Gasteiger partial charge in [0.25, 0.3) is 0 Å². The van der Waals surface area contributed by atoms with E-state index in [9.17, 15) is 18.0 Å². The normalized spacial score (nSPS) is 13.6. The van der Waals surface area contributed by atoms with Gasteiger partial charge in [0.2, 0.25) is 0 Å². The van der Waals surface area contributed by atoms with Crippen LogP contribution in [0.15, 0.2) is 18.2 Å². The fourth-order valence-electron chi connectivity index (χ4n) is 1.81. The van der Waals surface area contributed by atoms with Crippen molar-refractivity contribution in [3.63, 3.8) is 0 Å². The van der Waals surface area contributed by atoms with E-state index in [1.54, 1.807) is 18.9 Å². The van der Waals surface area contributed by atoms with Crippen molar-refractivity contribution in [3.8, 4) is 0 Å². The molecule has 7 heteroatoms. The highest BCUT2D eigenvalue weighted by atomic mass is 35.5. The maximum atomic E-state index is 12.7. The molecule has 0 amide bonds. The molecular weight excluding hydrogens is 295 g/mol. The van der Waals surface area contributed by atoms with Crippen molar-refractivity contribution in [2.75, 3.05) is 13.6 Å². The van der Waals surface area contributed by atoms with E-state index in [0.29, 0.717) is 5.56 Å². The molecule has 20 heavy (non-hydrogen) atoms. The molecule has 1 rings (SSSR count). The number of hydrogen-bond acceptors (Lipinski definition) is 2. The Morgan fingerprint density at radius 2 is 2.05 bits per heavy atom. The second kappa shape index (κ2) is 6.45. The van der Waals surface area contributed by atoms with E-state index in [1.165, 1.54) is 12.1 Å². The summed E-state index contributed by atoms with van der Waals surface area (Å²) in [6, 6.07) is 3.69.